The van der Waals surface area contributed by atoms with E-state index >= 15 is 0 Å². The molecule has 0 saturated heterocycles. The molecule has 5 aromatic carbocycles. The quantitative estimate of drug-likeness (QED) is 0.208. The van der Waals surface area contributed by atoms with Crippen LogP contribution in [0.1, 0.15) is 90.1 Å². The summed E-state index contributed by atoms with van der Waals surface area (Å²) in [7, 11) is 0. The lowest BCUT2D eigenvalue weighted by Crippen LogP contribution is -2.17. The molecule has 0 fully saturated rings. The Bertz CT molecular complexity index is 2050. The highest BCUT2D eigenvalue weighted by Crippen LogP contribution is 2.45. The van der Waals surface area contributed by atoms with Gasteiger partial charge in [0.15, 0.2) is 0 Å². The van der Waals surface area contributed by atoms with Crippen molar-refractivity contribution >= 4 is 11.0 Å². The van der Waals surface area contributed by atoms with Crippen molar-refractivity contribution in [2.75, 3.05) is 0 Å². The molecule has 0 radical (unpaired) electrons. The van der Waals surface area contributed by atoms with Crippen LogP contribution in [0.3, 0.4) is 0 Å². The van der Waals surface area contributed by atoms with Crippen LogP contribution in [0.25, 0.3) is 39.2 Å². The second kappa shape index (κ2) is 11.9. The molecule has 3 nitrogen and oxygen atoms in total. The Morgan fingerprint density at radius 3 is 1.83 bits per heavy atom. The minimum absolute atomic E-state index is 0.0222. The Morgan fingerprint density at radius 1 is 0.596 bits per heavy atom. The molecule has 240 valence electrons. The third-order valence-corrected chi connectivity index (χ3v) is 9.22. The van der Waals surface area contributed by atoms with E-state index in [0.29, 0.717) is 5.75 Å². The Hall–Kier alpha value is -4.63. The summed E-state index contributed by atoms with van der Waals surface area (Å²) in [5.41, 5.74) is 11.4. The zero-order valence-electron chi connectivity index (χ0n) is 29.4. The fraction of sp³-hybridized carbons (Fsp3) is 0.295. The largest absolute Gasteiger partial charge is 0.507 e. The number of para-hydroxylation sites is 1. The van der Waals surface area contributed by atoms with Crippen LogP contribution in [0.2, 0.25) is 0 Å². The number of rotatable bonds is 5. The predicted octanol–water partition coefficient (Wildman–Crippen LogP) is 11.5. The number of hydrogen-bond acceptors (Lipinski definition) is 2. The molecule has 1 heterocycles. The fourth-order valence-corrected chi connectivity index (χ4v) is 6.40. The van der Waals surface area contributed by atoms with Gasteiger partial charge in [0.25, 0.3) is 0 Å². The van der Waals surface area contributed by atoms with Crippen LogP contribution in [0.4, 0.5) is 0 Å². The SMILES string of the molecule is CC(C)(C)c1ccc(-n2c(-c3cc(C(C)(C)C)cc(C(C)(C)C)c3O)nc3c(Cc4ccccc4)cccc32)c(-c2ccccc2)c1. The number of nitrogens with zero attached hydrogens (tertiary/aromatic N) is 2. The lowest BCUT2D eigenvalue weighted by molar-refractivity contribution is 0.446. The van der Waals surface area contributed by atoms with Crippen molar-refractivity contribution in [2.45, 2.75) is 85.0 Å². The van der Waals surface area contributed by atoms with Crippen LogP contribution >= 0.6 is 0 Å². The van der Waals surface area contributed by atoms with Crippen molar-refractivity contribution in [1.82, 2.24) is 9.55 Å². The predicted molar refractivity (Wildman–Crippen MR) is 199 cm³/mol. The first kappa shape index (κ1) is 32.3. The van der Waals surface area contributed by atoms with Crippen molar-refractivity contribution in [3.05, 3.63) is 137 Å². The maximum Gasteiger partial charge on any atom is 0.149 e. The molecule has 47 heavy (non-hydrogen) atoms. The van der Waals surface area contributed by atoms with Gasteiger partial charge >= 0.3 is 0 Å². The van der Waals surface area contributed by atoms with Crippen molar-refractivity contribution in [2.24, 2.45) is 0 Å². The molecular formula is C44H48N2O. The molecule has 0 atom stereocenters. The smallest absolute Gasteiger partial charge is 0.149 e. The molecule has 1 aromatic heterocycles. The fourth-order valence-electron chi connectivity index (χ4n) is 6.40. The minimum atomic E-state index is -0.265. The van der Waals surface area contributed by atoms with Crippen molar-refractivity contribution in [3.8, 4) is 34.0 Å². The topological polar surface area (TPSA) is 38.0 Å². The molecule has 0 aliphatic rings. The van der Waals surface area contributed by atoms with Gasteiger partial charge in [-0.25, -0.2) is 4.98 Å². The van der Waals surface area contributed by atoms with Crippen molar-refractivity contribution < 1.29 is 5.11 Å². The molecule has 0 bridgehead atoms. The number of aromatic nitrogens is 2. The van der Waals surface area contributed by atoms with Crippen molar-refractivity contribution in [1.29, 1.82) is 0 Å². The standard InChI is InChI=1S/C44H48N2O/c1-42(2,3)32-23-24-37(34(26-32)30-19-14-11-15-20-30)46-38-22-16-21-31(25-29-17-12-10-13-18-29)39(38)45-41(46)35-27-33(43(4,5)6)28-36(40(35)47)44(7,8)9/h10-24,26-28,47H,25H2,1-9H3. The lowest BCUT2D eigenvalue weighted by atomic mass is 9.79. The summed E-state index contributed by atoms with van der Waals surface area (Å²) in [6, 6.07) is 38.9. The van der Waals surface area contributed by atoms with Gasteiger partial charge in [0.05, 0.1) is 22.3 Å². The van der Waals surface area contributed by atoms with Crippen molar-refractivity contribution in [3.63, 3.8) is 0 Å². The van der Waals surface area contributed by atoms with E-state index in [9.17, 15) is 5.11 Å². The molecule has 0 spiro atoms. The van der Waals surface area contributed by atoms with E-state index in [2.05, 4.69) is 176 Å². The first-order valence-electron chi connectivity index (χ1n) is 16.8. The number of hydrogen-bond donors (Lipinski definition) is 1. The highest BCUT2D eigenvalue weighted by atomic mass is 16.3. The van der Waals surface area contributed by atoms with Gasteiger partial charge in [-0.1, -0.05) is 147 Å². The number of fused-ring (bicyclic) bond motifs is 1. The average Bonchev–Trinajstić information content (AvgIpc) is 3.40. The number of benzene rings is 5. The van der Waals surface area contributed by atoms with Gasteiger partial charge in [-0.3, -0.25) is 4.57 Å². The normalized spacial score (nSPS) is 12.5. The summed E-state index contributed by atoms with van der Waals surface area (Å²) in [6.07, 6.45) is 0.768. The second-order valence-electron chi connectivity index (χ2n) is 16.0. The van der Waals surface area contributed by atoms with Crippen LogP contribution in [0.15, 0.2) is 109 Å². The highest BCUT2D eigenvalue weighted by Gasteiger charge is 2.29. The molecule has 6 rings (SSSR count). The summed E-state index contributed by atoms with van der Waals surface area (Å²) in [5, 5.41) is 12.2. The van der Waals surface area contributed by atoms with E-state index in [-0.39, 0.29) is 16.2 Å². The van der Waals surface area contributed by atoms with E-state index in [1.807, 2.05) is 0 Å². The molecule has 0 aliphatic heterocycles. The Kier molecular flexibility index (Phi) is 8.16. The zero-order valence-corrected chi connectivity index (χ0v) is 29.4. The summed E-state index contributed by atoms with van der Waals surface area (Å²) < 4.78 is 2.28. The maximum atomic E-state index is 12.2. The first-order valence-corrected chi connectivity index (χ1v) is 16.8. The molecule has 0 amide bonds. The van der Waals surface area contributed by atoms with Gasteiger partial charge in [-0.2, -0.15) is 0 Å². The van der Waals surface area contributed by atoms with Gasteiger partial charge in [-0.15, -0.1) is 0 Å². The molecule has 0 unspecified atom stereocenters. The third kappa shape index (κ3) is 6.37. The summed E-state index contributed by atoms with van der Waals surface area (Å²) >= 11 is 0. The second-order valence-corrected chi connectivity index (χ2v) is 16.0. The minimum Gasteiger partial charge on any atom is -0.507 e. The first-order chi connectivity index (χ1) is 22.1. The van der Waals surface area contributed by atoms with Gasteiger partial charge in [-0.05, 0) is 74.7 Å². The Morgan fingerprint density at radius 2 is 1.21 bits per heavy atom. The van der Waals surface area contributed by atoms with Crippen LogP contribution in [-0.4, -0.2) is 14.7 Å². The third-order valence-electron chi connectivity index (χ3n) is 9.22. The number of imidazole rings is 1. The molecule has 1 N–H and O–H groups in total. The Labute approximate surface area is 281 Å². The van der Waals surface area contributed by atoms with Crippen LogP contribution in [0.5, 0.6) is 5.75 Å². The van der Waals surface area contributed by atoms with E-state index in [4.69, 9.17) is 4.98 Å². The number of phenols is 1. The maximum absolute atomic E-state index is 12.2. The monoisotopic (exact) mass is 620 g/mol. The van der Waals surface area contributed by atoms with Gasteiger partial charge in [0.2, 0.25) is 0 Å². The van der Waals surface area contributed by atoms with Gasteiger partial charge in [0, 0.05) is 11.1 Å². The van der Waals surface area contributed by atoms with E-state index in [1.54, 1.807) is 0 Å². The molecule has 3 heteroatoms. The van der Waals surface area contributed by atoms with E-state index in [1.165, 1.54) is 16.7 Å². The van der Waals surface area contributed by atoms with Crippen LogP contribution in [0, 0.1) is 0 Å². The zero-order chi connectivity index (χ0) is 33.7. The van der Waals surface area contributed by atoms with Crippen LogP contribution in [-0.2, 0) is 22.7 Å². The number of aromatic hydroxyl groups is 1. The van der Waals surface area contributed by atoms with Gasteiger partial charge < -0.3 is 5.11 Å². The Balaban J connectivity index is 1.74. The highest BCUT2D eigenvalue weighted by molar-refractivity contribution is 5.90. The van der Waals surface area contributed by atoms with Gasteiger partial charge in [0.1, 0.15) is 11.6 Å². The molecular weight excluding hydrogens is 572 g/mol. The molecule has 0 saturated carbocycles. The summed E-state index contributed by atoms with van der Waals surface area (Å²) in [6.45, 7) is 20.0. The van der Waals surface area contributed by atoms with E-state index in [0.717, 1.165) is 56.8 Å². The molecule has 6 aromatic rings. The van der Waals surface area contributed by atoms with E-state index < -0.39 is 0 Å². The summed E-state index contributed by atoms with van der Waals surface area (Å²) in [4.78, 5) is 5.47. The summed E-state index contributed by atoms with van der Waals surface area (Å²) in [5.74, 6) is 1.04. The lowest BCUT2D eigenvalue weighted by Gasteiger charge is -2.28. The molecule has 0 aliphatic carbocycles. The van der Waals surface area contributed by atoms with Crippen LogP contribution < -0.4 is 0 Å². The average molecular weight is 621 g/mol. The number of phenolic OH excluding ortho intramolecular Hbond substituents is 1.